The molecule has 0 spiro atoms. The molecule has 1 amide bonds. The Kier molecular flexibility index (Phi) is 8.33. The van der Waals surface area contributed by atoms with Gasteiger partial charge in [-0.1, -0.05) is 62.9 Å². The zero-order valence-electron chi connectivity index (χ0n) is 20.2. The lowest BCUT2D eigenvalue weighted by Crippen LogP contribution is -2.20. The standard InChI is InChI=1S/C25H31N5O3S/c1-6-30-23(17-11-13-19(14-12-17)25(3,4)5)28-29-24(30)34-16-21(31)27-26-15-18-9-8-10-20(22(18)32)33-7-2/h8-15,32H,6-7,16H2,1-5H3,(H,27,31). The molecular formula is C25H31N5O3S. The van der Waals surface area contributed by atoms with Gasteiger partial charge in [0.15, 0.2) is 22.5 Å². The molecule has 0 saturated carbocycles. The number of hydrogen-bond donors (Lipinski definition) is 2. The summed E-state index contributed by atoms with van der Waals surface area (Å²) in [6.07, 6.45) is 1.38. The number of thioether (sulfide) groups is 1. The molecule has 0 atom stereocenters. The van der Waals surface area contributed by atoms with E-state index >= 15 is 0 Å². The van der Waals surface area contributed by atoms with Crippen LogP contribution in [0.15, 0.2) is 52.7 Å². The molecule has 9 heteroatoms. The van der Waals surface area contributed by atoms with Crippen LogP contribution in [0.5, 0.6) is 11.5 Å². The number of hydrogen-bond acceptors (Lipinski definition) is 7. The van der Waals surface area contributed by atoms with Crippen LogP contribution >= 0.6 is 11.8 Å². The van der Waals surface area contributed by atoms with Crippen molar-refractivity contribution in [2.45, 2.75) is 51.7 Å². The second kappa shape index (κ2) is 11.2. The molecular weight excluding hydrogens is 450 g/mol. The predicted molar refractivity (Wildman–Crippen MR) is 136 cm³/mol. The smallest absolute Gasteiger partial charge is 0.250 e. The van der Waals surface area contributed by atoms with Gasteiger partial charge in [-0.05, 0) is 37.0 Å². The van der Waals surface area contributed by atoms with Gasteiger partial charge in [-0.25, -0.2) is 5.43 Å². The van der Waals surface area contributed by atoms with E-state index in [-0.39, 0.29) is 22.8 Å². The first-order valence-electron chi connectivity index (χ1n) is 11.2. The first kappa shape index (κ1) is 25.3. The first-order valence-corrected chi connectivity index (χ1v) is 12.2. The molecule has 8 nitrogen and oxygen atoms in total. The number of aromatic nitrogens is 3. The summed E-state index contributed by atoms with van der Waals surface area (Å²) >= 11 is 1.30. The molecule has 3 aromatic rings. The average Bonchev–Trinajstić information content (AvgIpc) is 3.22. The van der Waals surface area contributed by atoms with Crippen LogP contribution in [0.25, 0.3) is 11.4 Å². The molecule has 1 aromatic heterocycles. The molecule has 1 heterocycles. The number of para-hydroxylation sites is 1. The summed E-state index contributed by atoms with van der Waals surface area (Å²) in [5.41, 5.74) is 5.25. The number of aromatic hydroxyl groups is 1. The highest BCUT2D eigenvalue weighted by Gasteiger charge is 2.17. The van der Waals surface area contributed by atoms with Gasteiger partial charge in [0.1, 0.15) is 0 Å². The summed E-state index contributed by atoms with van der Waals surface area (Å²) in [5.74, 6) is 0.965. The van der Waals surface area contributed by atoms with Gasteiger partial charge in [-0.2, -0.15) is 5.10 Å². The molecule has 0 unspecified atom stereocenters. The van der Waals surface area contributed by atoms with Crippen LogP contribution in [0.3, 0.4) is 0 Å². The predicted octanol–water partition coefficient (Wildman–Crippen LogP) is 4.61. The lowest BCUT2D eigenvalue weighted by Gasteiger charge is -2.19. The highest BCUT2D eigenvalue weighted by Crippen LogP contribution is 2.29. The Morgan fingerprint density at radius 1 is 1.18 bits per heavy atom. The third-order valence-corrected chi connectivity index (χ3v) is 6.06. The summed E-state index contributed by atoms with van der Waals surface area (Å²) in [6, 6.07) is 13.4. The van der Waals surface area contributed by atoms with Crippen LogP contribution in [-0.4, -0.2) is 44.4 Å². The van der Waals surface area contributed by atoms with Crippen molar-refractivity contribution >= 4 is 23.9 Å². The largest absolute Gasteiger partial charge is 0.504 e. The number of rotatable bonds is 9. The van der Waals surface area contributed by atoms with Crippen LogP contribution < -0.4 is 10.2 Å². The van der Waals surface area contributed by atoms with E-state index in [1.165, 1.54) is 23.5 Å². The number of hydrazone groups is 1. The third-order valence-electron chi connectivity index (χ3n) is 5.10. The van der Waals surface area contributed by atoms with Crippen LogP contribution in [0.4, 0.5) is 0 Å². The number of phenols is 1. The van der Waals surface area contributed by atoms with Crippen LogP contribution in [0, 0.1) is 0 Å². The van der Waals surface area contributed by atoms with Crippen molar-refractivity contribution in [3.05, 3.63) is 53.6 Å². The van der Waals surface area contributed by atoms with Crippen molar-refractivity contribution in [3.63, 3.8) is 0 Å². The molecule has 0 aliphatic rings. The Balaban J connectivity index is 1.62. The minimum atomic E-state index is -0.288. The number of nitrogens with one attached hydrogen (secondary N) is 1. The topological polar surface area (TPSA) is 102 Å². The number of amides is 1. The third kappa shape index (κ3) is 6.17. The Hall–Kier alpha value is -3.33. The fraction of sp³-hybridized carbons (Fsp3) is 0.360. The van der Waals surface area contributed by atoms with Gasteiger partial charge in [-0.15, -0.1) is 10.2 Å². The Labute approximate surface area is 204 Å². The van der Waals surface area contributed by atoms with Gasteiger partial charge < -0.3 is 14.4 Å². The maximum absolute atomic E-state index is 12.3. The van der Waals surface area contributed by atoms with Crippen molar-refractivity contribution in [2.75, 3.05) is 12.4 Å². The molecule has 2 aromatic carbocycles. The Morgan fingerprint density at radius 2 is 1.91 bits per heavy atom. The highest BCUT2D eigenvalue weighted by atomic mass is 32.2. The number of carbonyl (C=O) groups is 1. The van der Waals surface area contributed by atoms with Crippen LogP contribution in [0.2, 0.25) is 0 Å². The van der Waals surface area contributed by atoms with Crippen molar-refractivity contribution in [3.8, 4) is 22.9 Å². The summed E-state index contributed by atoms with van der Waals surface area (Å²) in [6.45, 7) is 11.5. The van der Waals surface area contributed by atoms with E-state index in [4.69, 9.17) is 4.74 Å². The lowest BCUT2D eigenvalue weighted by molar-refractivity contribution is -0.118. The van der Waals surface area contributed by atoms with Gasteiger partial charge in [0, 0.05) is 17.7 Å². The van der Waals surface area contributed by atoms with Crippen LogP contribution in [0.1, 0.15) is 45.7 Å². The van der Waals surface area contributed by atoms with Crippen LogP contribution in [-0.2, 0) is 16.8 Å². The average molecular weight is 482 g/mol. The summed E-state index contributed by atoms with van der Waals surface area (Å²) in [4.78, 5) is 12.3. The van der Waals surface area contributed by atoms with Crippen molar-refractivity contribution in [1.82, 2.24) is 20.2 Å². The van der Waals surface area contributed by atoms with E-state index in [0.717, 1.165) is 11.4 Å². The van der Waals surface area contributed by atoms with Gasteiger partial charge in [0.05, 0.1) is 18.6 Å². The number of phenolic OH excluding ortho intramolecular Hbond substituents is 1. The van der Waals surface area contributed by atoms with Gasteiger partial charge in [0.2, 0.25) is 0 Å². The summed E-state index contributed by atoms with van der Waals surface area (Å²) in [5, 5.41) is 23.4. The van der Waals surface area contributed by atoms with E-state index in [9.17, 15) is 9.90 Å². The van der Waals surface area contributed by atoms with Gasteiger partial charge >= 0.3 is 0 Å². The van der Waals surface area contributed by atoms with E-state index in [2.05, 4.69) is 65.8 Å². The molecule has 0 bridgehead atoms. The summed E-state index contributed by atoms with van der Waals surface area (Å²) < 4.78 is 7.34. The van der Waals surface area contributed by atoms with E-state index in [1.807, 2.05) is 18.4 Å². The fourth-order valence-corrected chi connectivity index (χ4v) is 4.06. The van der Waals surface area contributed by atoms with Gasteiger partial charge in [0.25, 0.3) is 5.91 Å². The zero-order chi connectivity index (χ0) is 24.7. The minimum absolute atomic E-state index is 0.0177. The highest BCUT2D eigenvalue weighted by molar-refractivity contribution is 7.99. The molecule has 3 rings (SSSR count). The molecule has 0 fully saturated rings. The molecule has 0 radical (unpaired) electrons. The minimum Gasteiger partial charge on any atom is -0.504 e. The monoisotopic (exact) mass is 481 g/mol. The molecule has 34 heavy (non-hydrogen) atoms. The van der Waals surface area contributed by atoms with E-state index in [0.29, 0.717) is 29.6 Å². The fourth-order valence-electron chi connectivity index (χ4n) is 3.27. The second-order valence-corrected chi connectivity index (χ2v) is 9.53. The SMILES string of the molecule is CCOc1cccc(C=NNC(=O)CSc2nnc(-c3ccc(C(C)(C)C)cc3)n2CC)c1O. The quantitative estimate of drug-likeness (QED) is 0.263. The Bertz CT molecular complexity index is 1150. The number of ether oxygens (including phenoxy) is 1. The maximum atomic E-state index is 12.3. The molecule has 0 aliphatic carbocycles. The lowest BCUT2D eigenvalue weighted by atomic mass is 9.87. The molecule has 2 N–H and O–H groups in total. The zero-order valence-corrected chi connectivity index (χ0v) is 21.0. The molecule has 180 valence electrons. The second-order valence-electron chi connectivity index (χ2n) is 8.59. The van der Waals surface area contributed by atoms with E-state index < -0.39 is 0 Å². The Morgan fingerprint density at radius 3 is 2.56 bits per heavy atom. The maximum Gasteiger partial charge on any atom is 0.250 e. The van der Waals surface area contributed by atoms with Gasteiger partial charge in [-0.3, -0.25) is 4.79 Å². The van der Waals surface area contributed by atoms with Crippen molar-refractivity contribution in [1.29, 1.82) is 0 Å². The number of nitrogens with zero attached hydrogens (tertiary/aromatic N) is 4. The normalized spacial score (nSPS) is 11.7. The molecule has 0 aliphatic heterocycles. The summed E-state index contributed by atoms with van der Waals surface area (Å²) in [7, 11) is 0. The van der Waals surface area contributed by atoms with Crippen molar-refractivity contribution < 1.29 is 14.6 Å². The number of benzene rings is 2. The molecule has 0 saturated heterocycles. The van der Waals surface area contributed by atoms with Crippen molar-refractivity contribution in [2.24, 2.45) is 5.10 Å². The van der Waals surface area contributed by atoms with E-state index in [1.54, 1.807) is 18.2 Å². The first-order chi connectivity index (χ1) is 16.2. The number of carbonyl (C=O) groups excluding carboxylic acids is 1.